The molecule has 154 valence electrons. The minimum atomic E-state index is -0.102. The van der Waals surface area contributed by atoms with Gasteiger partial charge in [0.05, 0.1) is 6.26 Å². The van der Waals surface area contributed by atoms with Crippen molar-refractivity contribution >= 4 is 17.8 Å². The van der Waals surface area contributed by atoms with Gasteiger partial charge in [-0.2, -0.15) is 0 Å². The molecule has 0 N–H and O–H groups in total. The minimum absolute atomic E-state index is 0.0183. The summed E-state index contributed by atoms with van der Waals surface area (Å²) in [5.74, 6) is 1.46. The van der Waals surface area contributed by atoms with Crippen molar-refractivity contribution < 1.29 is 14.0 Å². The highest BCUT2D eigenvalue weighted by Crippen LogP contribution is 2.20. The van der Waals surface area contributed by atoms with Crippen LogP contribution in [0.1, 0.15) is 46.5 Å². The number of furan rings is 1. The molecule has 2 fully saturated rings. The molecule has 0 atom stereocenters. The summed E-state index contributed by atoms with van der Waals surface area (Å²) in [6.07, 6.45) is 3.58. The Morgan fingerprint density at radius 1 is 1.00 bits per heavy atom. The molecule has 2 amide bonds. The van der Waals surface area contributed by atoms with Gasteiger partial charge in [-0.3, -0.25) is 9.59 Å². The van der Waals surface area contributed by atoms with E-state index in [9.17, 15) is 9.59 Å². The molecule has 0 unspecified atom stereocenters. The summed E-state index contributed by atoms with van der Waals surface area (Å²) in [7, 11) is 0. The number of rotatable bonds is 3. The van der Waals surface area contributed by atoms with Crippen molar-refractivity contribution in [3.63, 3.8) is 0 Å². The summed E-state index contributed by atoms with van der Waals surface area (Å²) >= 11 is 0. The van der Waals surface area contributed by atoms with Crippen molar-refractivity contribution in [3.8, 4) is 0 Å². The molecule has 4 rings (SSSR count). The summed E-state index contributed by atoms with van der Waals surface area (Å²) in [6, 6.07) is 5.16. The third kappa shape index (κ3) is 4.26. The van der Waals surface area contributed by atoms with Crippen LogP contribution in [0.25, 0.3) is 0 Å². The molecule has 2 aliphatic heterocycles. The second-order valence-corrected chi connectivity index (χ2v) is 7.93. The standard InChI is InChI=1S/C21H27N5O3/c1-15-5-7-24(8-6-15)19(27)17-14-16(2)22-21(23-17)26-11-9-25(10-12-26)20(28)18-4-3-13-29-18/h3-4,13-15H,5-12H2,1-2H3. The molecule has 0 aliphatic carbocycles. The van der Waals surface area contributed by atoms with Crippen LogP contribution in [0.5, 0.6) is 0 Å². The highest BCUT2D eigenvalue weighted by atomic mass is 16.3. The number of likely N-dealkylation sites (tertiary alicyclic amines) is 1. The van der Waals surface area contributed by atoms with E-state index in [1.807, 2.05) is 16.7 Å². The van der Waals surface area contributed by atoms with E-state index in [4.69, 9.17) is 4.42 Å². The number of piperazine rings is 1. The molecule has 2 saturated heterocycles. The Morgan fingerprint density at radius 3 is 2.34 bits per heavy atom. The third-order valence-corrected chi connectivity index (χ3v) is 5.71. The van der Waals surface area contributed by atoms with Crippen LogP contribution in [0.4, 0.5) is 5.95 Å². The zero-order valence-electron chi connectivity index (χ0n) is 17.0. The predicted molar refractivity (Wildman–Crippen MR) is 108 cm³/mol. The SMILES string of the molecule is Cc1cc(C(=O)N2CCC(C)CC2)nc(N2CCN(C(=O)c3ccco3)CC2)n1. The lowest BCUT2D eigenvalue weighted by Crippen LogP contribution is -2.49. The minimum Gasteiger partial charge on any atom is -0.459 e. The van der Waals surface area contributed by atoms with Crippen molar-refractivity contribution in [2.75, 3.05) is 44.2 Å². The average molecular weight is 397 g/mol. The molecule has 8 heteroatoms. The van der Waals surface area contributed by atoms with Gasteiger partial charge in [-0.1, -0.05) is 6.92 Å². The molecular weight excluding hydrogens is 370 g/mol. The number of aromatic nitrogens is 2. The van der Waals surface area contributed by atoms with Gasteiger partial charge < -0.3 is 19.1 Å². The Bertz CT molecular complexity index is 866. The van der Waals surface area contributed by atoms with Gasteiger partial charge in [-0.25, -0.2) is 9.97 Å². The second kappa shape index (κ2) is 8.23. The number of piperidine rings is 1. The van der Waals surface area contributed by atoms with Crippen LogP contribution in [0.15, 0.2) is 28.9 Å². The van der Waals surface area contributed by atoms with E-state index in [0.717, 1.165) is 31.6 Å². The molecule has 4 heterocycles. The largest absolute Gasteiger partial charge is 0.459 e. The summed E-state index contributed by atoms with van der Waals surface area (Å²) in [5, 5.41) is 0. The maximum Gasteiger partial charge on any atom is 0.289 e. The summed E-state index contributed by atoms with van der Waals surface area (Å²) in [5.41, 5.74) is 1.23. The fourth-order valence-corrected chi connectivity index (χ4v) is 3.84. The van der Waals surface area contributed by atoms with Crippen molar-refractivity contribution in [3.05, 3.63) is 41.6 Å². The molecule has 0 saturated carbocycles. The maximum atomic E-state index is 12.9. The highest BCUT2D eigenvalue weighted by molar-refractivity contribution is 5.93. The fourth-order valence-electron chi connectivity index (χ4n) is 3.84. The lowest BCUT2D eigenvalue weighted by atomic mass is 9.99. The smallest absolute Gasteiger partial charge is 0.289 e. The van der Waals surface area contributed by atoms with Gasteiger partial charge in [-0.05, 0) is 43.9 Å². The molecule has 0 radical (unpaired) electrons. The first-order chi connectivity index (χ1) is 14.0. The average Bonchev–Trinajstić information content (AvgIpc) is 3.28. The van der Waals surface area contributed by atoms with Crippen LogP contribution in [0.2, 0.25) is 0 Å². The van der Waals surface area contributed by atoms with Gasteiger partial charge in [-0.15, -0.1) is 0 Å². The maximum absolute atomic E-state index is 12.9. The van der Waals surface area contributed by atoms with Crippen LogP contribution >= 0.6 is 0 Å². The van der Waals surface area contributed by atoms with E-state index in [1.54, 1.807) is 23.1 Å². The number of aryl methyl sites for hydroxylation is 1. The molecule has 29 heavy (non-hydrogen) atoms. The van der Waals surface area contributed by atoms with Gasteiger partial charge >= 0.3 is 0 Å². The van der Waals surface area contributed by atoms with Gasteiger partial charge in [0.2, 0.25) is 5.95 Å². The van der Waals surface area contributed by atoms with Gasteiger partial charge in [0.1, 0.15) is 5.69 Å². The first-order valence-corrected chi connectivity index (χ1v) is 10.2. The van der Waals surface area contributed by atoms with Gasteiger partial charge in [0.25, 0.3) is 11.8 Å². The molecule has 0 aromatic carbocycles. The quantitative estimate of drug-likeness (QED) is 0.790. The Labute approximate surface area is 170 Å². The Kier molecular flexibility index (Phi) is 5.51. The predicted octanol–water partition coefficient (Wildman–Crippen LogP) is 2.21. The second-order valence-electron chi connectivity index (χ2n) is 7.93. The van der Waals surface area contributed by atoms with E-state index in [0.29, 0.717) is 49.5 Å². The Balaban J connectivity index is 1.43. The number of carbonyl (C=O) groups is 2. The van der Waals surface area contributed by atoms with Crippen molar-refractivity contribution in [1.82, 2.24) is 19.8 Å². The Morgan fingerprint density at radius 2 is 1.69 bits per heavy atom. The van der Waals surface area contributed by atoms with Crippen LogP contribution in [-0.4, -0.2) is 70.9 Å². The Hall–Kier alpha value is -2.90. The van der Waals surface area contributed by atoms with E-state index < -0.39 is 0 Å². The zero-order valence-corrected chi connectivity index (χ0v) is 17.0. The topological polar surface area (TPSA) is 82.8 Å². The van der Waals surface area contributed by atoms with E-state index in [2.05, 4.69) is 16.9 Å². The number of hydrogen-bond donors (Lipinski definition) is 0. The summed E-state index contributed by atoms with van der Waals surface area (Å²) in [6.45, 7) is 8.03. The number of carbonyl (C=O) groups excluding carboxylic acids is 2. The fraction of sp³-hybridized carbons (Fsp3) is 0.524. The molecule has 2 aromatic heterocycles. The van der Waals surface area contributed by atoms with Crippen molar-refractivity contribution in [2.45, 2.75) is 26.7 Å². The van der Waals surface area contributed by atoms with Crippen LogP contribution in [-0.2, 0) is 0 Å². The number of amides is 2. The highest BCUT2D eigenvalue weighted by Gasteiger charge is 2.27. The lowest BCUT2D eigenvalue weighted by molar-refractivity contribution is 0.0690. The van der Waals surface area contributed by atoms with Crippen LogP contribution in [0, 0.1) is 12.8 Å². The van der Waals surface area contributed by atoms with Crippen LogP contribution in [0.3, 0.4) is 0 Å². The number of hydrogen-bond acceptors (Lipinski definition) is 6. The van der Waals surface area contributed by atoms with Gasteiger partial charge in [0, 0.05) is 45.0 Å². The molecule has 0 bridgehead atoms. The molecule has 2 aromatic rings. The zero-order chi connectivity index (χ0) is 20.4. The van der Waals surface area contributed by atoms with Crippen molar-refractivity contribution in [1.29, 1.82) is 0 Å². The van der Waals surface area contributed by atoms with E-state index in [-0.39, 0.29) is 11.8 Å². The molecule has 2 aliphatic rings. The molecule has 8 nitrogen and oxygen atoms in total. The summed E-state index contributed by atoms with van der Waals surface area (Å²) in [4.78, 5) is 40.2. The lowest BCUT2D eigenvalue weighted by Gasteiger charge is -2.34. The third-order valence-electron chi connectivity index (χ3n) is 5.71. The normalized spacial score (nSPS) is 18.2. The number of nitrogens with zero attached hydrogens (tertiary/aromatic N) is 5. The van der Waals surface area contributed by atoms with E-state index >= 15 is 0 Å². The van der Waals surface area contributed by atoms with Crippen molar-refractivity contribution in [2.24, 2.45) is 5.92 Å². The summed E-state index contributed by atoms with van der Waals surface area (Å²) < 4.78 is 5.21. The molecular formula is C21H27N5O3. The first kappa shape index (κ1) is 19.4. The number of anilines is 1. The van der Waals surface area contributed by atoms with E-state index in [1.165, 1.54) is 6.26 Å². The first-order valence-electron chi connectivity index (χ1n) is 10.2. The molecule has 0 spiro atoms. The van der Waals surface area contributed by atoms with Gasteiger partial charge in [0.15, 0.2) is 5.76 Å². The van der Waals surface area contributed by atoms with Crippen LogP contribution < -0.4 is 4.90 Å². The monoisotopic (exact) mass is 397 g/mol.